The summed E-state index contributed by atoms with van der Waals surface area (Å²) in [6.07, 6.45) is 1.58. The number of hydrogen-bond donors (Lipinski definition) is 2. The highest BCUT2D eigenvalue weighted by Crippen LogP contribution is 2.19. The summed E-state index contributed by atoms with van der Waals surface area (Å²) in [5.41, 5.74) is 4.87. The molecule has 1 heterocycles. The highest BCUT2D eigenvalue weighted by atomic mass is 32.2. The second-order valence-corrected chi connectivity index (χ2v) is 7.09. The van der Waals surface area contributed by atoms with Gasteiger partial charge in [-0.1, -0.05) is 0 Å². The lowest BCUT2D eigenvalue weighted by Crippen LogP contribution is -2.51. The Balaban J connectivity index is 2.62. The van der Waals surface area contributed by atoms with Gasteiger partial charge in [-0.05, 0) is 26.3 Å². The summed E-state index contributed by atoms with van der Waals surface area (Å²) in [6.45, 7) is 5.00. The van der Waals surface area contributed by atoms with Crippen LogP contribution >= 0.6 is 0 Å². The molecule has 3 N–H and O–H groups in total. The van der Waals surface area contributed by atoms with Crippen LogP contribution < -0.4 is 10.5 Å². The minimum atomic E-state index is -3.27. The first-order valence-electron chi connectivity index (χ1n) is 5.60. The molecule has 0 aromatic heterocycles. The predicted octanol–water partition coefficient (Wildman–Crippen LogP) is -0.879. The van der Waals surface area contributed by atoms with Crippen molar-refractivity contribution in [3.8, 4) is 0 Å². The molecule has 1 saturated heterocycles. The molecular weight excluding hydrogens is 242 g/mol. The number of nitrogens with one attached hydrogen (secondary N) is 1. The van der Waals surface area contributed by atoms with Gasteiger partial charge in [0.2, 0.25) is 15.9 Å². The van der Waals surface area contributed by atoms with Gasteiger partial charge in [0, 0.05) is 25.0 Å². The van der Waals surface area contributed by atoms with Crippen molar-refractivity contribution in [3.05, 3.63) is 0 Å². The number of nitrogens with zero attached hydrogens (tertiary/aromatic N) is 1. The molecule has 1 atom stereocenters. The lowest BCUT2D eigenvalue weighted by molar-refractivity contribution is -0.128. The number of nitrogens with two attached hydrogens (primary N) is 1. The predicted molar refractivity (Wildman–Crippen MR) is 65.8 cm³/mol. The molecule has 1 aliphatic heterocycles. The number of rotatable bonds is 5. The van der Waals surface area contributed by atoms with Crippen LogP contribution in [-0.2, 0) is 14.8 Å². The van der Waals surface area contributed by atoms with Crippen molar-refractivity contribution in [1.29, 1.82) is 0 Å². The molecule has 6 nitrogen and oxygen atoms in total. The minimum absolute atomic E-state index is 0.0452. The fraction of sp³-hybridized carbons (Fsp3) is 0.900. The zero-order chi connectivity index (χ0) is 13.3. The van der Waals surface area contributed by atoms with E-state index in [4.69, 9.17) is 5.73 Å². The molecule has 7 heteroatoms. The zero-order valence-corrected chi connectivity index (χ0v) is 11.4. The molecule has 1 fully saturated rings. The van der Waals surface area contributed by atoms with Gasteiger partial charge in [0.25, 0.3) is 0 Å². The van der Waals surface area contributed by atoms with Crippen LogP contribution in [0.25, 0.3) is 0 Å². The van der Waals surface area contributed by atoms with E-state index in [2.05, 4.69) is 4.72 Å². The maximum atomic E-state index is 11.7. The minimum Gasteiger partial charge on any atom is -0.340 e. The molecule has 1 aliphatic rings. The third-order valence-corrected chi connectivity index (χ3v) is 3.60. The second kappa shape index (κ2) is 4.91. The van der Waals surface area contributed by atoms with Gasteiger partial charge in [-0.2, -0.15) is 0 Å². The fourth-order valence-electron chi connectivity index (χ4n) is 2.18. The summed E-state index contributed by atoms with van der Waals surface area (Å²) in [7, 11) is -3.27. The van der Waals surface area contributed by atoms with Gasteiger partial charge < -0.3 is 10.6 Å². The SMILES string of the molecule is CC(C)(CN1CC(CN)CC1=O)NS(C)(=O)=O. The quantitative estimate of drug-likeness (QED) is 0.674. The van der Waals surface area contributed by atoms with Crippen molar-refractivity contribution in [2.75, 3.05) is 25.9 Å². The summed E-state index contributed by atoms with van der Waals surface area (Å²) < 4.78 is 24.9. The van der Waals surface area contributed by atoms with Crippen molar-refractivity contribution in [3.63, 3.8) is 0 Å². The van der Waals surface area contributed by atoms with Gasteiger partial charge in [0.15, 0.2) is 0 Å². The third-order valence-electron chi connectivity index (χ3n) is 2.68. The molecule has 1 rings (SSSR count). The first kappa shape index (κ1) is 14.4. The lowest BCUT2D eigenvalue weighted by Gasteiger charge is -2.30. The van der Waals surface area contributed by atoms with E-state index in [1.807, 2.05) is 0 Å². The molecule has 0 bridgehead atoms. The van der Waals surface area contributed by atoms with E-state index in [0.29, 0.717) is 26.1 Å². The van der Waals surface area contributed by atoms with E-state index in [1.165, 1.54) is 0 Å². The van der Waals surface area contributed by atoms with Gasteiger partial charge in [-0.3, -0.25) is 4.79 Å². The Morgan fingerprint density at radius 1 is 1.53 bits per heavy atom. The van der Waals surface area contributed by atoms with Gasteiger partial charge >= 0.3 is 0 Å². The fourth-order valence-corrected chi connectivity index (χ4v) is 3.24. The Hall–Kier alpha value is -0.660. The highest BCUT2D eigenvalue weighted by Gasteiger charge is 2.33. The van der Waals surface area contributed by atoms with Crippen molar-refractivity contribution in [2.24, 2.45) is 11.7 Å². The average molecular weight is 263 g/mol. The van der Waals surface area contributed by atoms with Crippen LogP contribution in [0.5, 0.6) is 0 Å². The third kappa shape index (κ3) is 4.61. The Bertz CT molecular complexity index is 392. The van der Waals surface area contributed by atoms with E-state index in [9.17, 15) is 13.2 Å². The molecule has 17 heavy (non-hydrogen) atoms. The second-order valence-electron chi connectivity index (χ2n) is 5.34. The Morgan fingerprint density at radius 2 is 2.12 bits per heavy atom. The van der Waals surface area contributed by atoms with Crippen molar-refractivity contribution >= 4 is 15.9 Å². The maximum Gasteiger partial charge on any atom is 0.223 e. The number of carbonyl (C=O) groups is 1. The first-order chi connectivity index (χ1) is 7.63. The van der Waals surface area contributed by atoms with E-state index in [-0.39, 0.29) is 11.8 Å². The van der Waals surface area contributed by atoms with Gasteiger partial charge in [0.05, 0.1) is 6.26 Å². The summed E-state index contributed by atoms with van der Waals surface area (Å²) >= 11 is 0. The topological polar surface area (TPSA) is 92.5 Å². The molecule has 0 spiro atoms. The number of likely N-dealkylation sites (tertiary alicyclic amines) is 1. The molecule has 100 valence electrons. The summed E-state index contributed by atoms with van der Waals surface area (Å²) in [5.74, 6) is 0.236. The van der Waals surface area contributed by atoms with E-state index < -0.39 is 15.6 Å². The van der Waals surface area contributed by atoms with Crippen LogP contribution in [-0.4, -0.2) is 50.7 Å². The molecule has 0 radical (unpaired) electrons. The Kier molecular flexibility index (Phi) is 4.16. The lowest BCUT2D eigenvalue weighted by atomic mass is 10.1. The monoisotopic (exact) mass is 263 g/mol. The molecular formula is C10H21N3O3S. The number of amides is 1. The number of carbonyl (C=O) groups excluding carboxylic acids is 1. The van der Waals surface area contributed by atoms with Crippen LogP contribution in [0.4, 0.5) is 0 Å². The maximum absolute atomic E-state index is 11.7. The Morgan fingerprint density at radius 3 is 2.53 bits per heavy atom. The van der Waals surface area contributed by atoms with E-state index in [0.717, 1.165) is 6.26 Å². The molecule has 0 saturated carbocycles. The van der Waals surface area contributed by atoms with E-state index in [1.54, 1.807) is 18.7 Å². The molecule has 0 aromatic carbocycles. The van der Waals surface area contributed by atoms with Gasteiger partial charge in [-0.15, -0.1) is 0 Å². The smallest absolute Gasteiger partial charge is 0.223 e. The van der Waals surface area contributed by atoms with Crippen molar-refractivity contribution in [2.45, 2.75) is 25.8 Å². The van der Waals surface area contributed by atoms with Crippen molar-refractivity contribution in [1.82, 2.24) is 9.62 Å². The standard InChI is InChI=1S/C10H21N3O3S/c1-10(2,12-17(3,15)16)7-13-6-8(5-11)4-9(13)14/h8,12H,4-7,11H2,1-3H3. The van der Waals surface area contributed by atoms with Crippen LogP contribution in [0.15, 0.2) is 0 Å². The van der Waals surface area contributed by atoms with Crippen LogP contribution in [0.1, 0.15) is 20.3 Å². The molecule has 1 amide bonds. The average Bonchev–Trinajstić information content (AvgIpc) is 2.42. The zero-order valence-electron chi connectivity index (χ0n) is 10.6. The van der Waals surface area contributed by atoms with Gasteiger partial charge in [0.1, 0.15) is 0 Å². The van der Waals surface area contributed by atoms with Crippen LogP contribution in [0.3, 0.4) is 0 Å². The van der Waals surface area contributed by atoms with Crippen molar-refractivity contribution < 1.29 is 13.2 Å². The first-order valence-corrected chi connectivity index (χ1v) is 7.49. The summed E-state index contributed by atoms with van der Waals surface area (Å²) in [4.78, 5) is 13.4. The molecule has 0 aliphatic carbocycles. The summed E-state index contributed by atoms with van der Waals surface area (Å²) in [6, 6.07) is 0. The summed E-state index contributed by atoms with van der Waals surface area (Å²) in [5, 5.41) is 0. The highest BCUT2D eigenvalue weighted by molar-refractivity contribution is 7.88. The van der Waals surface area contributed by atoms with Crippen LogP contribution in [0.2, 0.25) is 0 Å². The molecule has 1 unspecified atom stereocenters. The van der Waals surface area contributed by atoms with E-state index >= 15 is 0 Å². The molecule has 0 aromatic rings. The number of sulfonamides is 1. The number of hydrogen-bond acceptors (Lipinski definition) is 4. The van der Waals surface area contributed by atoms with Gasteiger partial charge in [-0.25, -0.2) is 13.1 Å². The van der Waals surface area contributed by atoms with Crippen LogP contribution in [0, 0.1) is 5.92 Å². The Labute approximate surface area is 103 Å². The normalized spacial score (nSPS) is 22.2. The largest absolute Gasteiger partial charge is 0.340 e.